The molecule has 0 saturated carbocycles. The molecule has 0 atom stereocenters. The van der Waals surface area contributed by atoms with Gasteiger partial charge in [-0.2, -0.15) is 0 Å². The van der Waals surface area contributed by atoms with Gasteiger partial charge in [0.05, 0.1) is 11.6 Å². The molecule has 3 heteroatoms. The normalized spacial score (nSPS) is 15.1. The number of anilines is 1. The smallest absolute Gasteiger partial charge is 0.237 e. The van der Waals surface area contributed by atoms with Crippen molar-refractivity contribution in [1.82, 2.24) is 0 Å². The lowest BCUT2D eigenvalue weighted by Crippen LogP contribution is -2.24. The van der Waals surface area contributed by atoms with Crippen molar-refractivity contribution in [3.63, 3.8) is 0 Å². The largest absolute Gasteiger partial charge is 0.302 e. The third-order valence-corrected chi connectivity index (χ3v) is 3.90. The summed E-state index contributed by atoms with van der Waals surface area (Å²) in [5, 5.41) is 0. The Hall–Kier alpha value is -1.74. The van der Waals surface area contributed by atoms with Gasteiger partial charge >= 0.3 is 0 Å². The molecule has 1 aliphatic heterocycles. The van der Waals surface area contributed by atoms with Crippen LogP contribution in [-0.4, -0.2) is 17.5 Å². The van der Waals surface area contributed by atoms with Gasteiger partial charge in [0.15, 0.2) is 0 Å². The maximum absolute atomic E-state index is 11.7. The molecule has 1 fully saturated rings. The molecule has 0 aliphatic carbocycles. The van der Waals surface area contributed by atoms with Crippen LogP contribution in [0, 0.1) is 0 Å². The van der Waals surface area contributed by atoms with E-state index in [1.165, 1.54) is 5.56 Å². The molecule has 18 heavy (non-hydrogen) atoms. The van der Waals surface area contributed by atoms with Crippen molar-refractivity contribution in [1.29, 1.82) is 0 Å². The van der Waals surface area contributed by atoms with E-state index in [1.54, 1.807) is 11.8 Å². The molecule has 2 nitrogen and oxygen atoms in total. The second-order valence-electron chi connectivity index (χ2n) is 4.22. The summed E-state index contributed by atoms with van der Waals surface area (Å²) in [5.74, 6) is 1.55. The van der Waals surface area contributed by atoms with Gasteiger partial charge in [0, 0.05) is 5.69 Å². The van der Waals surface area contributed by atoms with Gasteiger partial charge in [0.25, 0.3) is 0 Å². The Morgan fingerprint density at radius 1 is 0.944 bits per heavy atom. The highest BCUT2D eigenvalue weighted by atomic mass is 32.2. The SMILES string of the molecule is O=C1CSCN1c1cccc(-c2ccccc2)c1. The molecule has 0 aromatic heterocycles. The fourth-order valence-corrected chi connectivity index (χ4v) is 2.97. The zero-order chi connectivity index (χ0) is 12.4. The number of nitrogens with zero attached hydrogens (tertiary/aromatic N) is 1. The van der Waals surface area contributed by atoms with E-state index in [1.807, 2.05) is 35.2 Å². The van der Waals surface area contributed by atoms with Gasteiger partial charge in [0.1, 0.15) is 0 Å². The Labute approximate surface area is 111 Å². The highest BCUT2D eigenvalue weighted by Gasteiger charge is 2.22. The van der Waals surface area contributed by atoms with E-state index in [-0.39, 0.29) is 5.91 Å². The molecule has 1 aliphatic rings. The number of hydrogen-bond acceptors (Lipinski definition) is 2. The van der Waals surface area contributed by atoms with E-state index >= 15 is 0 Å². The first-order chi connectivity index (χ1) is 8.84. The maximum atomic E-state index is 11.7. The Balaban J connectivity index is 1.97. The Morgan fingerprint density at radius 3 is 2.44 bits per heavy atom. The van der Waals surface area contributed by atoms with E-state index < -0.39 is 0 Å². The molecule has 1 amide bonds. The van der Waals surface area contributed by atoms with Crippen LogP contribution in [-0.2, 0) is 4.79 Å². The van der Waals surface area contributed by atoms with Crippen LogP contribution in [0.15, 0.2) is 54.6 Å². The molecular weight excluding hydrogens is 242 g/mol. The van der Waals surface area contributed by atoms with E-state index in [2.05, 4.69) is 24.3 Å². The first-order valence-electron chi connectivity index (χ1n) is 5.88. The molecular formula is C15H13NOS. The Bertz CT molecular complexity index is 568. The fraction of sp³-hybridized carbons (Fsp3) is 0.133. The zero-order valence-corrected chi connectivity index (χ0v) is 10.7. The number of benzene rings is 2. The van der Waals surface area contributed by atoms with Gasteiger partial charge < -0.3 is 4.90 Å². The van der Waals surface area contributed by atoms with Crippen molar-refractivity contribution in [2.45, 2.75) is 0 Å². The number of rotatable bonds is 2. The molecule has 3 rings (SSSR count). The molecule has 2 aromatic rings. The second kappa shape index (κ2) is 4.86. The van der Waals surface area contributed by atoms with Crippen LogP contribution in [0.4, 0.5) is 5.69 Å². The molecule has 0 unspecified atom stereocenters. The molecule has 1 heterocycles. The highest BCUT2D eigenvalue weighted by Crippen LogP contribution is 2.28. The zero-order valence-electron chi connectivity index (χ0n) is 9.87. The van der Waals surface area contributed by atoms with E-state index in [0.717, 1.165) is 17.1 Å². The fourth-order valence-electron chi connectivity index (χ4n) is 2.08. The average Bonchev–Trinajstić information content (AvgIpc) is 2.86. The van der Waals surface area contributed by atoms with Crippen molar-refractivity contribution < 1.29 is 4.79 Å². The number of thioether (sulfide) groups is 1. The summed E-state index contributed by atoms with van der Waals surface area (Å²) in [7, 11) is 0. The van der Waals surface area contributed by atoms with Gasteiger partial charge in [-0.05, 0) is 23.3 Å². The predicted molar refractivity (Wildman–Crippen MR) is 76.7 cm³/mol. The standard InChI is InChI=1S/C15H13NOS/c17-15-10-18-11-16(15)14-8-4-7-13(9-14)12-5-2-1-3-6-12/h1-9H,10-11H2. The van der Waals surface area contributed by atoms with Gasteiger partial charge in [-0.3, -0.25) is 4.79 Å². The summed E-state index contributed by atoms with van der Waals surface area (Å²) in [4.78, 5) is 13.6. The van der Waals surface area contributed by atoms with Crippen LogP contribution in [0.1, 0.15) is 0 Å². The highest BCUT2D eigenvalue weighted by molar-refractivity contribution is 8.00. The van der Waals surface area contributed by atoms with Crippen LogP contribution in [0.2, 0.25) is 0 Å². The molecule has 0 bridgehead atoms. The summed E-state index contributed by atoms with van der Waals surface area (Å²) in [5.41, 5.74) is 3.32. The van der Waals surface area contributed by atoms with Crippen molar-refractivity contribution in [3.05, 3.63) is 54.6 Å². The summed E-state index contributed by atoms with van der Waals surface area (Å²) in [6.07, 6.45) is 0. The Kier molecular flexibility index (Phi) is 3.07. The molecule has 0 radical (unpaired) electrons. The minimum Gasteiger partial charge on any atom is -0.302 e. The number of carbonyl (C=O) groups is 1. The summed E-state index contributed by atoms with van der Waals surface area (Å²) >= 11 is 1.66. The van der Waals surface area contributed by atoms with E-state index in [9.17, 15) is 4.79 Å². The van der Waals surface area contributed by atoms with Crippen LogP contribution >= 0.6 is 11.8 Å². The molecule has 0 spiro atoms. The lowest BCUT2D eigenvalue weighted by Gasteiger charge is -2.15. The Morgan fingerprint density at radius 2 is 1.72 bits per heavy atom. The first-order valence-corrected chi connectivity index (χ1v) is 7.04. The van der Waals surface area contributed by atoms with Crippen LogP contribution < -0.4 is 4.90 Å². The first kappa shape index (κ1) is 11.4. The quantitative estimate of drug-likeness (QED) is 0.820. The van der Waals surface area contributed by atoms with Crippen molar-refractivity contribution in [3.8, 4) is 11.1 Å². The predicted octanol–water partition coefficient (Wildman–Crippen LogP) is 3.39. The van der Waals surface area contributed by atoms with Crippen molar-refractivity contribution >= 4 is 23.4 Å². The number of carbonyl (C=O) groups excluding carboxylic acids is 1. The topological polar surface area (TPSA) is 20.3 Å². The maximum Gasteiger partial charge on any atom is 0.237 e. The summed E-state index contributed by atoms with van der Waals surface area (Å²) < 4.78 is 0. The lowest BCUT2D eigenvalue weighted by atomic mass is 10.1. The molecule has 0 N–H and O–H groups in total. The second-order valence-corrected chi connectivity index (χ2v) is 5.17. The third-order valence-electron chi connectivity index (χ3n) is 3.01. The van der Waals surface area contributed by atoms with E-state index in [4.69, 9.17) is 0 Å². The monoisotopic (exact) mass is 255 g/mol. The van der Waals surface area contributed by atoms with Crippen LogP contribution in [0.25, 0.3) is 11.1 Å². The van der Waals surface area contributed by atoms with Gasteiger partial charge in [-0.25, -0.2) is 0 Å². The van der Waals surface area contributed by atoms with Gasteiger partial charge in [0.2, 0.25) is 5.91 Å². The summed E-state index contributed by atoms with van der Waals surface area (Å²) in [6, 6.07) is 18.4. The minimum atomic E-state index is 0.199. The van der Waals surface area contributed by atoms with E-state index in [0.29, 0.717) is 5.75 Å². The average molecular weight is 255 g/mol. The third kappa shape index (κ3) is 2.14. The van der Waals surface area contributed by atoms with Crippen LogP contribution in [0.5, 0.6) is 0 Å². The van der Waals surface area contributed by atoms with Gasteiger partial charge in [-0.15, -0.1) is 11.8 Å². The molecule has 90 valence electrons. The summed E-state index contributed by atoms with van der Waals surface area (Å²) in [6.45, 7) is 0. The molecule has 2 aromatic carbocycles. The molecule has 1 saturated heterocycles. The van der Waals surface area contributed by atoms with Crippen LogP contribution in [0.3, 0.4) is 0 Å². The van der Waals surface area contributed by atoms with Crippen molar-refractivity contribution in [2.24, 2.45) is 0 Å². The number of hydrogen-bond donors (Lipinski definition) is 0. The lowest BCUT2D eigenvalue weighted by molar-refractivity contribution is -0.115. The minimum absolute atomic E-state index is 0.199. The number of amides is 1. The van der Waals surface area contributed by atoms with Crippen molar-refractivity contribution in [2.75, 3.05) is 16.5 Å². The van der Waals surface area contributed by atoms with Gasteiger partial charge in [-0.1, -0.05) is 42.5 Å².